The Hall–Kier alpha value is -1.25. The van der Waals surface area contributed by atoms with Crippen LogP contribution in [-0.2, 0) is 9.59 Å². The fraction of sp³-hybridized carbons (Fsp3) is 0.765. The van der Waals surface area contributed by atoms with Crippen molar-refractivity contribution in [3.05, 3.63) is 10.6 Å². The molecule has 4 heterocycles. The van der Waals surface area contributed by atoms with Gasteiger partial charge in [-0.05, 0) is 19.3 Å². The van der Waals surface area contributed by atoms with Crippen molar-refractivity contribution in [3.8, 4) is 0 Å². The van der Waals surface area contributed by atoms with Crippen molar-refractivity contribution in [2.24, 2.45) is 5.92 Å². The van der Waals surface area contributed by atoms with Crippen LogP contribution in [0.25, 0.3) is 0 Å². The number of aliphatic hydroxyl groups is 1. The topological polar surface area (TPSA) is 93.1 Å². The van der Waals surface area contributed by atoms with E-state index in [0.29, 0.717) is 13.0 Å². The summed E-state index contributed by atoms with van der Waals surface area (Å²) >= 11 is 1.59. The molecule has 4 aliphatic heterocycles. The summed E-state index contributed by atoms with van der Waals surface area (Å²) in [5.41, 5.74) is 0.260. The van der Waals surface area contributed by atoms with Crippen molar-refractivity contribution in [3.63, 3.8) is 0 Å². The summed E-state index contributed by atoms with van der Waals surface area (Å²) in [6, 6.07) is -0.0520. The van der Waals surface area contributed by atoms with E-state index in [1.54, 1.807) is 16.7 Å². The molecule has 1 amide bonds. The van der Waals surface area contributed by atoms with Gasteiger partial charge in [0.2, 0.25) is 5.91 Å². The normalized spacial score (nSPS) is 37.4. The average Bonchev–Trinajstić information content (AvgIpc) is 3.28. The number of carbonyl (C=O) groups is 2. The Morgan fingerprint density at radius 2 is 1.96 bits per heavy atom. The van der Waals surface area contributed by atoms with Gasteiger partial charge < -0.3 is 25.3 Å². The zero-order chi connectivity index (χ0) is 17.7. The number of rotatable bonds is 4. The molecule has 4 aliphatic rings. The van der Waals surface area contributed by atoms with Gasteiger partial charge >= 0.3 is 5.97 Å². The molecule has 0 aromatic heterocycles. The Morgan fingerprint density at radius 1 is 1.24 bits per heavy atom. The number of aliphatic hydroxyl groups excluding tert-OH is 1. The summed E-state index contributed by atoms with van der Waals surface area (Å²) in [4.78, 5) is 28.7. The number of hydrogen-bond acceptors (Lipinski definition) is 6. The summed E-state index contributed by atoms with van der Waals surface area (Å²) in [6.07, 6.45) is 2.85. The van der Waals surface area contributed by atoms with E-state index >= 15 is 0 Å². The maximum absolute atomic E-state index is 12.5. The number of hydrogen-bond donors (Lipinski definition) is 3. The Balaban J connectivity index is 1.44. The second-order valence-corrected chi connectivity index (χ2v) is 8.81. The Kier molecular flexibility index (Phi) is 4.45. The highest BCUT2D eigenvalue weighted by Gasteiger charge is 2.52. The molecule has 8 heteroatoms. The van der Waals surface area contributed by atoms with Gasteiger partial charge in [0.25, 0.3) is 0 Å². The number of carbonyl (C=O) groups excluding carboxylic acids is 1. The molecule has 25 heavy (non-hydrogen) atoms. The van der Waals surface area contributed by atoms with Crippen LogP contribution in [0, 0.1) is 5.92 Å². The highest BCUT2D eigenvalue weighted by atomic mass is 32.2. The molecular formula is C17H25N3O4S. The first-order chi connectivity index (χ1) is 12.0. The molecule has 0 spiro atoms. The number of fused-ring (bicyclic) bond motifs is 1. The van der Waals surface area contributed by atoms with Crippen LogP contribution in [-0.4, -0.2) is 75.1 Å². The first-order valence-corrected chi connectivity index (χ1v) is 9.98. The molecule has 0 bridgehead atoms. The van der Waals surface area contributed by atoms with E-state index < -0.39 is 12.2 Å². The molecule has 0 aromatic rings. The number of nitrogens with zero attached hydrogens (tertiary/aromatic N) is 2. The SMILES string of the molecule is CC1C(SC2CNC(C(=O)N3CCCC3)C2)=C(C(=O)O)N2C(O)CC12. The van der Waals surface area contributed by atoms with Gasteiger partial charge in [-0.3, -0.25) is 4.79 Å². The molecule has 0 saturated carbocycles. The number of carboxylic acid groups (broad SMARTS) is 1. The Morgan fingerprint density at radius 3 is 2.60 bits per heavy atom. The molecule has 4 rings (SSSR count). The molecule has 3 N–H and O–H groups in total. The van der Waals surface area contributed by atoms with E-state index in [-0.39, 0.29) is 34.9 Å². The van der Waals surface area contributed by atoms with E-state index in [4.69, 9.17) is 0 Å². The molecule has 0 aliphatic carbocycles. The van der Waals surface area contributed by atoms with E-state index in [1.807, 2.05) is 11.8 Å². The van der Waals surface area contributed by atoms with E-state index in [0.717, 1.165) is 37.3 Å². The van der Waals surface area contributed by atoms with Crippen LogP contribution in [0.15, 0.2) is 10.6 Å². The van der Waals surface area contributed by atoms with Crippen molar-refractivity contribution in [1.29, 1.82) is 0 Å². The van der Waals surface area contributed by atoms with Crippen LogP contribution in [0.1, 0.15) is 32.6 Å². The van der Waals surface area contributed by atoms with Gasteiger partial charge in [0.1, 0.15) is 11.9 Å². The van der Waals surface area contributed by atoms with Gasteiger partial charge in [-0.25, -0.2) is 4.79 Å². The summed E-state index contributed by atoms with van der Waals surface area (Å²) in [5.74, 6) is -0.661. The molecule has 138 valence electrons. The Labute approximate surface area is 151 Å². The van der Waals surface area contributed by atoms with Gasteiger partial charge in [-0.2, -0.15) is 0 Å². The van der Waals surface area contributed by atoms with E-state index in [2.05, 4.69) is 5.32 Å². The zero-order valence-electron chi connectivity index (χ0n) is 14.4. The molecule has 3 saturated heterocycles. The number of carboxylic acids is 1. The van der Waals surface area contributed by atoms with Crippen LogP contribution < -0.4 is 5.32 Å². The van der Waals surface area contributed by atoms with Gasteiger partial charge in [0.05, 0.1) is 6.04 Å². The van der Waals surface area contributed by atoms with Crippen LogP contribution in [0.3, 0.4) is 0 Å². The highest BCUT2D eigenvalue weighted by molar-refractivity contribution is 8.03. The molecule has 5 atom stereocenters. The first-order valence-electron chi connectivity index (χ1n) is 9.10. The average molecular weight is 367 g/mol. The summed E-state index contributed by atoms with van der Waals surface area (Å²) in [7, 11) is 0. The Bertz CT molecular complexity index is 619. The molecule has 3 fully saturated rings. The zero-order valence-corrected chi connectivity index (χ0v) is 15.2. The van der Waals surface area contributed by atoms with Gasteiger partial charge in [0, 0.05) is 48.2 Å². The molecule has 5 unspecified atom stereocenters. The summed E-state index contributed by atoms with van der Waals surface area (Å²) in [5, 5.41) is 23.0. The second-order valence-electron chi connectivity index (χ2n) is 7.47. The highest BCUT2D eigenvalue weighted by Crippen LogP contribution is 2.50. The monoisotopic (exact) mass is 367 g/mol. The minimum Gasteiger partial charge on any atom is -0.477 e. The number of amides is 1. The van der Waals surface area contributed by atoms with Crippen molar-refractivity contribution in [2.75, 3.05) is 19.6 Å². The minimum absolute atomic E-state index is 0.0972. The van der Waals surface area contributed by atoms with Crippen LogP contribution in [0.5, 0.6) is 0 Å². The summed E-state index contributed by atoms with van der Waals surface area (Å²) in [6.45, 7) is 4.46. The van der Waals surface area contributed by atoms with Crippen molar-refractivity contribution in [1.82, 2.24) is 15.1 Å². The van der Waals surface area contributed by atoms with Crippen LogP contribution in [0.2, 0.25) is 0 Å². The lowest BCUT2D eigenvalue weighted by Gasteiger charge is -2.44. The lowest BCUT2D eigenvalue weighted by Crippen LogP contribution is -2.54. The predicted octanol–water partition coefficient (Wildman–Crippen LogP) is 0.411. The largest absolute Gasteiger partial charge is 0.477 e. The quantitative estimate of drug-likeness (QED) is 0.663. The second kappa shape index (κ2) is 6.48. The van der Waals surface area contributed by atoms with Crippen molar-refractivity contribution < 1.29 is 19.8 Å². The standard InChI is InChI=1S/C17H25N3O4S/c1-9-12-7-13(21)20(12)14(17(23)24)15(9)25-10-6-11(18-8-10)16(22)19-4-2-3-5-19/h9-13,18,21H,2-8H2,1H3,(H,23,24). The maximum Gasteiger partial charge on any atom is 0.353 e. The van der Waals surface area contributed by atoms with E-state index in [1.165, 1.54) is 0 Å². The summed E-state index contributed by atoms with van der Waals surface area (Å²) < 4.78 is 0. The fourth-order valence-corrected chi connectivity index (χ4v) is 6.00. The van der Waals surface area contributed by atoms with Gasteiger partial charge in [-0.15, -0.1) is 11.8 Å². The van der Waals surface area contributed by atoms with Gasteiger partial charge in [0.15, 0.2) is 0 Å². The van der Waals surface area contributed by atoms with E-state index in [9.17, 15) is 19.8 Å². The van der Waals surface area contributed by atoms with Crippen LogP contribution >= 0.6 is 11.8 Å². The minimum atomic E-state index is -0.966. The smallest absolute Gasteiger partial charge is 0.353 e. The van der Waals surface area contributed by atoms with Crippen molar-refractivity contribution in [2.45, 2.75) is 56.2 Å². The van der Waals surface area contributed by atoms with Crippen LogP contribution in [0.4, 0.5) is 0 Å². The molecule has 0 aromatic carbocycles. The fourth-order valence-electron chi connectivity index (χ4n) is 4.50. The maximum atomic E-state index is 12.5. The lowest BCUT2D eigenvalue weighted by molar-refractivity contribution is -0.143. The molecule has 7 nitrogen and oxygen atoms in total. The molecule has 0 radical (unpaired) electrons. The number of likely N-dealkylation sites (tertiary alicyclic amines) is 1. The first kappa shape index (κ1) is 17.2. The number of nitrogens with one attached hydrogen (secondary N) is 1. The third kappa shape index (κ3) is 2.84. The number of thioether (sulfide) groups is 1. The number of aliphatic carboxylic acids is 1. The lowest BCUT2D eigenvalue weighted by atomic mass is 9.93. The van der Waals surface area contributed by atoms with Crippen molar-refractivity contribution >= 4 is 23.6 Å². The molecular weight excluding hydrogens is 342 g/mol. The predicted molar refractivity (Wildman–Crippen MR) is 93.7 cm³/mol. The third-order valence-corrected chi connectivity index (χ3v) is 7.43. The van der Waals surface area contributed by atoms with Gasteiger partial charge in [-0.1, -0.05) is 6.92 Å². The third-order valence-electron chi connectivity index (χ3n) is 5.92.